The molecule has 0 radical (unpaired) electrons. The number of rotatable bonds is 0. The normalized spacial score (nSPS) is 12.9. The molecule has 82 valence electrons. The van der Waals surface area contributed by atoms with E-state index >= 15 is 0 Å². The van der Waals surface area contributed by atoms with Crippen molar-refractivity contribution in [3.8, 4) is 0 Å². The maximum Gasteiger partial charge on any atom is 0.291 e. The van der Waals surface area contributed by atoms with Crippen LogP contribution in [-0.4, -0.2) is 9.94 Å². The van der Waals surface area contributed by atoms with Gasteiger partial charge in [-0.25, -0.2) is 0 Å². The molecule has 0 bridgehead atoms. The molecule has 3 heteroatoms. The van der Waals surface area contributed by atoms with Crippen molar-refractivity contribution >= 4 is 21.7 Å². The molecule has 0 fully saturated rings. The molecule has 1 heterocycles. The molecule has 0 aliphatic heterocycles. The minimum atomic E-state index is -0.339. The van der Waals surface area contributed by atoms with Crippen molar-refractivity contribution in [1.29, 1.82) is 0 Å². The standard InChI is InChI=1S/C14H9NO2/c16-14-10-5-1-3-8-7-9-4-2-6-11(15(14)17)13(9)12(8)10/h1-6,17H,7H2. The fourth-order valence-electron chi connectivity index (χ4n) is 2.85. The van der Waals surface area contributed by atoms with Gasteiger partial charge in [-0.05, 0) is 29.7 Å². The van der Waals surface area contributed by atoms with Gasteiger partial charge in [-0.3, -0.25) is 4.79 Å². The topological polar surface area (TPSA) is 42.2 Å². The Labute approximate surface area is 96.5 Å². The molecule has 0 amide bonds. The van der Waals surface area contributed by atoms with E-state index < -0.39 is 0 Å². The zero-order chi connectivity index (χ0) is 11.6. The first kappa shape index (κ1) is 8.82. The fourth-order valence-corrected chi connectivity index (χ4v) is 2.85. The van der Waals surface area contributed by atoms with Crippen LogP contribution < -0.4 is 5.56 Å². The van der Waals surface area contributed by atoms with Crippen LogP contribution in [0.15, 0.2) is 41.2 Å². The average molecular weight is 223 g/mol. The molecule has 1 aliphatic carbocycles. The quantitative estimate of drug-likeness (QED) is 0.367. The van der Waals surface area contributed by atoms with Crippen LogP contribution in [0, 0.1) is 0 Å². The summed E-state index contributed by atoms with van der Waals surface area (Å²) >= 11 is 0. The van der Waals surface area contributed by atoms with Gasteiger partial charge in [0.25, 0.3) is 5.56 Å². The van der Waals surface area contributed by atoms with E-state index in [0.717, 1.165) is 21.9 Å². The van der Waals surface area contributed by atoms with Gasteiger partial charge in [-0.1, -0.05) is 24.3 Å². The van der Waals surface area contributed by atoms with Crippen LogP contribution in [0.25, 0.3) is 21.7 Å². The van der Waals surface area contributed by atoms with E-state index in [1.54, 1.807) is 12.1 Å². The first-order valence-electron chi connectivity index (χ1n) is 5.55. The molecule has 17 heavy (non-hydrogen) atoms. The predicted molar refractivity (Wildman–Crippen MR) is 65.7 cm³/mol. The number of hydrogen-bond donors (Lipinski definition) is 1. The summed E-state index contributed by atoms with van der Waals surface area (Å²) in [7, 11) is 0. The third-order valence-electron chi connectivity index (χ3n) is 3.56. The zero-order valence-corrected chi connectivity index (χ0v) is 8.97. The molecule has 1 N–H and O–H groups in total. The summed E-state index contributed by atoms with van der Waals surface area (Å²) in [4.78, 5) is 12.0. The van der Waals surface area contributed by atoms with Crippen molar-refractivity contribution in [2.45, 2.75) is 6.42 Å². The summed E-state index contributed by atoms with van der Waals surface area (Å²) in [5.41, 5.74) is 2.61. The SMILES string of the molecule is O=c1c2cccc3c2c2c(cccc2n1O)C3. The number of aromatic nitrogens is 1. The van der Waals surface area contributed by atoms with Crippen LogP contribution in [0.3, 0.4) is 0 Å². The molecule has 0 saturated heterocycles. The summed E-state index contributed by atoms with van der Waals surface area (Å²) < 4.78 is 0.760. The van der Waals surface area contributed by atoms with Crippen LogP contribution in [0.2, 0.25) is 0 Å². The molecule has 0 saturated carbocycles. The lowest BCUT2D eigenvalue weighted by Gasteiger charge is -2.06. The molecule has 2 aromatic carbocycles. The second-order valence-electron chi connectivity index (χ2n) is 4.44. The molecule has 0 atom stereocenters. The third kappa shape index (κ3) is 0.900. The Morgan fingerprint density at radius 3 is 2.53 bits per heavy atom. The van der Waals surface area contributed by atoms with Crippen molar-refractivity contribution in [3.63, 3.8) is 0 Å². The Balaban J connectivity index is 2.50. The van der Waals surface area contributed by atoms with Gasteiger partial charge in [0.2, 0.25) is 0 Å². The number of pyridine rings is 1. The number of nitrogens with zero attached hydrogens (tertiary/aromatic N) is 1. The Morgan fingerprint density at radius 2 is 1.71 bits per heavy atom. The molecule has 1 aromatic heterocycles. The van der Waals surface area contributed by atoms with Crippen LogP contribution in [0.5, 0.6) is 0 Å². The summed E-state index contributed by atoms with van der Waals surface area (Å²) in [6, 6.07) is 11.4. The predicted octanol–water partition coefficient (Wildman–Crippen LogP) is 2.30. The summed E-state index contributed by atoms with van der Waals surface area (Å²) in [5, 5.41) is 12.5. The first-order chi connectivity index (χ1) is 8.27. The van der Waals surface area contributed by atoms with Gasteiger partial charge >= 0.3 is 0 Å². The molecular weight excluding hydrogens is 214 g/mol. The Bertz CT molecular complexity index is 846. The van der Waals surface area contributed by atoms with E-state index in [-0.39, 0.29) is 5.56 Å². The number of benzene rings is 2. The van der Waals surface area contributed by atoms with Crippen molar-refractivity contribution in [2.24, 2.45) is 0 Å². The minimum Gasteiger partial charge on any atom is -0.425 e. The zero-order valence-electron chi connectivity index (χ0n) is 8.97. The van der Waals surface area contributed by atoms with Gasteiger partial charge in [0.1, 0.15) is 0 Å². The van der Waals surface area contributed by atoms with Crippen LogP contribution >= 0.6 is 0 Å². The second-order valence-corrected chi connectivity index (χ2v) is 4.44. The molecule has 3 aromatic rings. The van der Waals surface area contributed by atoms with Gasteiger partial charge in [0.15, 0.2) is 0 Å². The van der Waals surface area contributed by atoms with Gasteiger partial charge in [-0.2, -0.15) is 0 Å². The number of hydrogen-bond acceptors (Lipinski definition) is 2. The maximum absolute atomic E-state index is 12.0. The van der Waals surface area contributed by atoms with Crippen molar-refractivity contribution < 1.29 is 5.21 Å². The van der Waals surface area contributed by atoms with Crippen LogP contribution in [-0.2, 0) is 6.42 Å². The highest BCUT2D eigenvalue weighted by molar-refractivity contribution is 6.11. The second kappa shape index (κ2) is 2.69. The van der Waals surface area contributed by atoms with Crippen LogP contribution in [0.1, 0.15) is 11.1 Å². The Morgan fingerprint density at radius 1 is 1.00 bits per heavy atom. The molecule has 1 aliphatic rings. The Kier molecular flexibility index (Phi) is 1.39. The Hall–Kier alpha value is -2.29. The van der Waals surface area contributed by atoms with E-state index in [2.05, 4.69) is 0 Å². The van der Waals surface area contributed by atoms with Crippen molar-refractivity contribution in [3.05, 3.63) is 57.9 Å². The van der Waals surface area contributed by atoms with Crippen LogP contribution in [0.4, 0.5) is 0 Å². The highest BCUT2D eigenvalue weighted by Crippen LogP contribution is 2.35. The van der Waals surface area contributed by atoms with Crippen molar-refractivity contribution in [2.75, 3.05) is 0 Å². The summed E-state index contributed by atoms with van der Waals surface area (Å²) in [5.74, 6) is 0. The van der Waals surface area contributed by atoms with Gasteiger partial charge in [0.05, 0.1) is 10.9 Å². The highest BCUT2D eigenvalue weighted by Gasteiger charge is 2.20. The lowest BCUT2D eigenvalue weighted by Crippen LogP contribution is -2.18. The molecule has 0 unspecified atom stereocenters. The highest BCUT2D eigenvalue weighted by atomic mass is 16.5. The molecule has 0 spiro atoms. The minimum absolute atomic E-state index is 0.339. The third-order valence-corrected chi connectivity index (χ3v) is 3.56. The van der Waals surface area contributed by atoms with Gasteiger partial charge in [0, 0.05) is 10.8 Å². The molecule has 4 rings (SSSR count). The van der Waals surface area contributed by atoms with E-state index in [1.807, 2.05) is 24.3 Å². The monoisotopic (exact) mass is 223 g/mol. The maximum atomic E-state index is 12.0. The largest absolute Gasteiger partial charge is 0.425 e. The van der Waals surface area contributed by atoms with E-state index in [1.165, 1.54) is 11.1 Å². The van der Waals surface area contributed by atoms with Gasteiger partial charge in [-0.15, -0.1) is 4.73 Å². The van der Waals surface area contributed by atoms with Crippen molar-refractivity contribution in [1.82, 2.24) is 4.73 Å². The van der Waals surface area contributed by atoms with E-state index in [9.17, 15) is 10.0 Å². The summed E-state index contributed by atoms with van der Waals surface area (Å²) in [6.45, 7) is 0. The fraction of sp³-hybridized carbons (Fsp3) is 0.0714. The lowest BCUT2D eigenvalue weighted by molar-refractivity contribution is 0.190. The average Bonchev–Trinajstić information content (AvgIpc) is 2.73. The molecular formula is C14H9NO2. The first-order valence-corrected chi connectivity index (χ1v) is 5.55. The van der Waals surface area contributed by atoms with E-state index in [0.29, 0.717) is 10.9 Å². The molecule has 3 nitrogen and oxygen atoms in total. The summed E-state index contributed by atoms with van der Waals surface area (Å²) in [6.07, 6.45) is 0.841. The smallest absolute Gasteiger partial charge is 0.291 e. The van der Waals surface area contributed by atoms with E-state index in [4.69, 9.17) is 0 Å². The van der Waals surface area contributed by atoms with Gasteiger partial charge < -0.3 is 5.21 Å². The lowest BCUT2D eigenvalue weighted by atomic mass is 10.1.